The van der Waals surface area contributed by atoms with E-state index in [-0.39, 0.29) is 11.1 Å². The van der Waals surface area contributed by atoms with Crippen LogP contribution in [-0.4, -0.2) is 28.7 Å². The van der Waals surface area contributed by atoms with Crippen molar-refractivity contribution in [3.05, 3.63) is 88.3 Å². The average molecular weight is 458 g/mol. The lowest BCUT2D eigenvalue weighted by atomic mass is 10.0. The van der Waals surface area contributed by atoms with Gasteiger partial charge in [0.25, 0.3) is 5.91 Å². The van der Waals surface area contributed by atoms with E-state index in [0.717, 1.165) is 9.37 Å². The summed E-state index contributed by atoms with van der Waals surface area (Å²) in [5.74, 6) is -0.888. The molecule has 0 fully saturated rings. The fraction of sp³-hybridized carbons (Fsp3) is 0.0952. The Morgan fingerprint density at radius 2 is 1.90 bits per heavy atom. The molecule has 2 N–H and O–H groups in total. The number of ether oxygens (including phenoxy) is 1. The highest BCUT2D eigenvalue weighted by Crippen LogP contribution is 2.25. The van der Waals surface area contributed by atoms with Crippen LogP contribution in [0.1, 0.15) is 22.0 Å². The second kappa shape index (κ2) is 8.83. The van der Waals surface area contributed by atoms with Gasteiger partial charge in [0.05, 0.1) is 5.56 Å². The van der Waals surface area contributed by atoms with Crippen molar-refractivity contribution in [2.45, 2.75) is 6.04 Å². The number of halogens is 2. The molecule has 8 heteroatoms. The summed E-state index contributed by atoms with van der Waals surface area (Å²) in [6.07, 6.45) is 1.34. The number of carbonyl (C=O) groups is 2. The van der Waals surface area contributed by atoms with E-state index in [4.69, 9.17) is 10.5 Å². The molecule has 1 aromatic heterocycles. The number of hydrogen-bond acceptors (Lipinski definition) is 4. The number of amides is 2. The van der Waals surface area contributed by atoms with Crippen molar-refractivity contribution in [3.8, 4) is 11.6 Å². The second-order valence-electron chi connectivity index (χ2n) is 6.22. The molecule has 1 heterocycles. The molecule has 2 amide bonds. The van der Waals surface area contributed by atoms with Gasteiger partial charge in [0.15, 0.2) is 0 Å². The summed E-state index contributed by atoms with van der Waals surface area (Å²) in [6, 6.07) is 14.6. The summed E-state index contributed by atoms with van der Waals surface area (Å²) in [5, 5.41) is 0. The molecule has 1 unspecified atom stereocenters. The first-order chi connectivity index (χ1) is 13.8. The summed E-state index contributed by atoms with van der Waals surface area (Å²) >= 11 is 3.36. The molecule has 2 aromatic carbocycles. The molecule has 0 aliphatic heterocycles. The minimum absolute atomic E-state index is 0.233. The first-order valence-corrected chi connectivity index (χ1v) is 9.36. The number of carbonyl (C=O) groups excluding carboxylic acids is 2. The standard InChI is InChI=1S/C21H17BrFN3O3/c1-26(19(20(24)27)13-4-2-6-16(23)10-13)21(28)14-8-9-18(25-12-14)29-17-7-3-5-15(22)11-17/h2-12,19H,1H3,(H2,24,27). The molecule has 0 aliphatic rings. The van der Waals surface area contributed by atoms with E-state index < -0.39 is 23.7 Å². The summed E-state index contributed by atoms with van der Waals surface area (Å²) in [6.45, 7) is 0. The monoisotopic (exact) mass is 457 g/mol. The second-order valence-corrected chi connectivity index (χ2v) is 7.14. The van der Waals surface area contributed by atoms with Gasteiger partial charge in [-0.25, -0.2) is 9.37 Å². The third-order valence-corrected chi connectivity index (χ3v) is 4.64. The molecule has 0 saturated carbocycles. The predicted molar refractivity (Wildman–Crippen MR) is 109 cm³/mol. The molecule has 0 saturated heterocycles. The van der Waals surface area contributed by atoms with Gasteiger partial charge in [0.2, 0.25) is 11.8 Å². The maximum atomic E-state index is 13.5. The zero-order valence-electron chi connectivity index (χ0n) is 15.4. The number of rotatable bonds is 6. The van der Waals surface area contributed by atoms with Crippen LogP contribution < -0.4 is 10.5 Å². The van der Waals surface area contributed by atoms with Gasteiger partial charge >= 0.3 is 0 Å². The van der Waals surface area contributed by atoms with Crippen molar-refractivity contribution in [2.75, 3.05) is 7.05 Å². The highest BCUT2D eigenvalue weighted by atomic mass is 79.9. The van der Waals surface area contributed by atoms with Crippen molar-refractivity contribution in [3.63, 3.8) is 0 Å². The van der Waals surface area contributed by atoms with Crippen molar-refractivity contribution in [1.82, 2.24) is 9.88 Å². The third-order valence-electron chi connectivity index (χ3n) is 4.14. The molecular weight excluding hydrogens is 441 g/mol. The molecule has 0 spiro atoms. The lowest BCUT2D eigenvalue weighted by molar-refractivity contribution is -0.122. The topological polar surface area (TPSA) is 85.5 Å². The van der Waals surface area contributed by atoms with Gasteiger partial charge in [-0.3, -0.25) is 9.59 Å². The van der Waals surface area contributed by atoms with Crippen LogP contribution in [0.5, 0.6) is 11.6 Å². The van der Waals surface area contributed by atoms with Gasteiger partial charge in [0, 0.05) is 23.8 Å². The van der Waals surface area contributed by atoms with Crippen LogP contribution >= 0.6 is 15.9 Å². The Morgan fingerprint density at radius 1 is 1.14 bits per heavy atom. The molecular formula is C21H17BrFN3O3. The molecule has 0 bridgehead atoms. The Hall–Kier alpha value is -3.26. The number of nitrogens with zero attached hydrogens (tertiary/aromatic N) is 2. The summed E-state index contributed by atoms with van der Waals surface area (Å²) in [5.41, 5.74) is 5.98. The molecule has 0 radical (unpaired) electrons. The molecule has 3 rings (SSSR count). The van der Waals surface area contributed by atoms with Crippen LogP contribution in [0.25, 0.3) is 0 Å². The molecule has 148 valence electrons. The van der Waals surface area contributed by atoms with Gasteiger partial charge in [0.1, 0.15) is 17.6 Å². The maximum absolute atomic E-state index is 13.5. The maximum Gasteiger partial charge on any atom is 0.256 e. The van der Waals surface area contributed by atoms with Crippen LogP contribution in [0.3, 0.4) is 0 Å². The Labute approximate surface area is 175 Å². The van der Waals surface area contributed by atoms with Crippen LogP contribution in [0.15, 0.2) is 71.3 Å². The van der Waals surface area contributed by atoms with E-state index in [9.17, 15) is 14.0 Å². The van der Waals surface area contributed by atoms with E-state index in [0.29, 0.717) is 11.6 Å². The molecule has 3 aromatic rings. The summed E-state index contributed by atoms with van der Waals surface area (Å²) in [4.78, 5) is 30.0. The van der Waals surface area contributed by atoms with Crippen LogP contribution in [0.4, 0.5) is 4.39 Å². The van der Waals surface area contributed by atoms with Crippen molar-refractivity contribution in [2.24, 2.45) is 5.73 Å². The number of primary amides is 1. The third kappa shape index (κ3) is 4.97. The quantitative estimate of drug-likeness (QED) is 0.604. The highest BCUT2D eigenvalue weighted by Gasteiger charge is 2.28. The fourth-order valence-corrected chi connectivity index (χ4v) is 3.17. The predicted octanol–water partition coefficient (Wildman–Crippen LogP) is 4.07. The van der Waals surface area contributed by atoms with Crippen LogP contribution in [0.2, 0.25) is 0 Å². The molecule has 1 atom stereocenters. The number of aromatic nitrogens is 1. The first-order valence-electron chi connectivity index (χ1n) is 8.56. The number of pyridine rings is 1. The first kappa shape index (κ1) is 20.5. The zero-order valence-corrected chi connectivity index (χ0v) is 17.0. The van der Waals surface area contributed by atoms with Gasteiger partial charge in [-0.05, 0) is 42.0 Å². The lowest BCUT2D eigenvalue weighted by Gasteiger charge is -2.26. The van der Waals surface area contributed by atoms with Crippen molar-refractivity contribution in [1.29, 1.82) is 0 Å². The van der Waals surface area contributed by atoms with E-state index in [1.807, 2.05) is 12.1 Å². The van der Waals surface area contributed by atoms with E-state index in [2.05, 4.69) is 20.9 Å². The number of hydrogen-bond donors (Lipinski definition) is 1. The van der Waals surface area contributed by atoms with Gasteiger partial charge in [-0.2, -0.15) is 0 Å². The lowest BCUT2D eigenvalue weighted by Crippen LogP contribution is -2.39. The van der Waals surface area contributed by atoms with Gasteiger partial charge in [-0.1, -0.05) is 34.1 Å². The van der Waals surface area contributed by atoms with Crippen molar-refractivity contribution >= 4 is 27.7 Å². The number of nitrogens with two attached hydrogens (primary N) is 1. The molecule has 0 aliphatic carbocycles. The van der Waals surface area contributed by atoms with Crippen LogP contribution in [-0.2, 0) is 4.79 Å². The fourth-order valence-electron chi connectivity index (χ4n) is 2.79. The van der Waals surface area contributed by atoms with E-state index in [1.165, 1.54) is 43.6 Å². The van der Waals surface area contributed by atoms with Crippen molar-refractivity contribution < 1.29 is 18.7 Å². The molecule has 29 heavy (non-hydrogen) atoms. The van der Waals surface area contributed by atoms with E-state index in [1.54, 1.807) is 18.2 Å². The van der Waals surface area contributed by atoms with Gasteiger partial charge in [-0.15, -0.1) is 0 Å². The summed E-state index contributed by atoms with van der Waals surface area (Å²) in [7, 11) is 1.43. The van der Waals surface area contributed by atoms with Gasteiger partial charge < -0.3 is 15.4 Å². The average Bonchev–Trinajstić information content (AvgIpc) is 2.68. The summed E-state index contributed by atoms with van der Waals surface area (Å²) < 4.78 is 20.0. The van der Waals surface area contributed by atoms with Crippen LogP contribution in [0, 0.1) is 5.82 Å². The molecule has 6 nitrogen and oxygen atoms in total. The Kier molecular flexibility index (Phi) is 6.23. The SMILES string of the molecule is CN(C(=O)c1ccc(Oc2cccc(Br)c2)nc1)C(C(N)=O)c1cccc(F)c1. The Balaban J connectivity index is 1.78. The normalized spacial score (nSPS) is 11.6. The number of likely N-dealkylation sites (N-methyl/N-ethyl adjacent to an activating group) is 1. The minimum atomic E-state index is -1.12. The smallest absolute Gasteiger partial charge is 0.256 e. The largest absolute Gasteiger partial charge is 0.439 e. The number of benzene rings is 2. The zero-order chi connectivity index (χ0) is 21.0. The Morgan fingerprint density at radius 3 is 2.52 bits per heavy atom. The Bertz CT molecular complexity index is 1040. The van der Waals surface area contributed by atoms with E-state index >= 15 is 0 Å². The minimum Gasteiger partial charge on any atom is -0.439 e. The highest BCUT2D eigenvalue weighted by molar-refractivity contribution is 9.10.